The quantitative estimate of drug-likeness (QED) is 0.852. The lowest BCUT2D eigenvalue weighted by molar-refractivity contribution is 0.262. The molecule has 0 fully saturated rings. The van der Waals surface area contributed by atoms with Crippen LogP contribution in [0.15, 0.2) is 36.5 Å². The maximum absolute atomic E-state index is 13.0. The molecule has 20 heavy (non-hydrogen) atoms. The summed E-state index contributed by atoms with van der Waals surface area (Å²) in [6.07, 6.45) is 1.51. The maximum Gasteiger partial charge on any atom is 0.323 e. The van der Waals surface area contributed by atoms with Crippen molar-refractivity contribution in [2.75, 3.05) is 17.7 Å². The molecular weight excluding hydrogens is 285 g/mol. The molecule has 2 aromatic rings. The second kappa shape index (κ2) is 6.21. The number of carbonyl (C=O) groups excluding carboxylic acids is 1. The number of anilines is 2. The van der Waals surface area contributed by atoms with Gasteiger partial charge in [-0.05, 0) is 24.3 Å². The maximum atomic E-state index is 13.0. The number of rotatable bonds is 3. The van der Waals surface area contributed by atoms with Crippen LogP contribution in [0.4, 0.5) is 20.6 Å². The fourth-order valence-corrected chi connectivity index (χ4v) is 1.69. The highest BCUT2D eigenvalue weighted by atomic mass is 35.5. The second-order valence-corrected chi connectivity index (χ2v) is 4.12. The molecule has 1 aromatic carbocycles. The molecule has 0 saturated heterocycles. The number of methoxy groups -OCH3 is 1. The Morgan fingerprint density at radius 3 is 2.75 bits per heavy atom. The number of aromatic nitrogens is 1. The SMILES string of the molecule is COc1cc(F)ccc1NC(=O)Nc1cccnc1Cl. The third kappa shape index (κ3) is 3.36. The third-order valence-electron chi connectivity index (χ3n) is 2.42. The van der Waals surface area contributed by atoms with Gasteiger partial charge in [-0.15, -0.1) is 0 Å². The van der Waals surface area contributed by atoms with Crippen molar-refractivity contribution in [2.24, 2.45) is 0 Å². The molecule has 0 aliphatic rings. The van der Waals surface area contributed by atoms with Crippen LogP contribution in [-0.4, -0.2) is 18.1 Å². The first kappa shape index (κ1) is 14.1. The molecule has 0 bridgehead atoms. The average Bonchev–Trinajstić information content (AvgIpc) is 2.43. The van der Waals surface area contributed by atoms with Gasteiger partial charge in [0.1, 0.15) is 11.6 Å². The number of hydrogen-bond acceptors (Lipinski definition) is 3. The van der Waals surface area contributed by atoms with Gasteiger partial charge < -0.3 is 15.4 Å². The third-order valence-corrected chi connectivity index (χ3v) is 2.72. The highest BCUT2D eigenvalue weighted by Crippen LogP contribution is 2.25. The number of amides is 2. The van der Waals surface area contributed by atoms with Crippen molar-refractivity contribution in [1.82, 2.24) is 4.98 Å². The molecule has 0 aliphatic heterocycles. The van der Waals surface area contributed by atoms with Crippen LogP contribution in [0, 0.1) is 5.82 Å². The summed E-state index contributed by atoms with van der Waals surface area (Å²) in [7, 11) is 1.38. The Hall–Kier alpha value is -2.34. The second-order valence-electron chi connectivity index (χ2n) is 3.77. The predicted octanol–water partition coefficient (Wildman–Crippen LogP) is 3.53. The van der Waals surface area contributed by atoms with Crippen LogP contribution in [0.5, 0.6) is 5.75 Å². The minimum absolute atomic E-state index is 0.175. The van der Waals surface area contributed by atoms with E-state index in [1.165, 1.54) is 31.5 Å². The summed E-state index contributed by atoms with van der Waals surface area (Å²) in [5.41, 5.74) is 0.708. The van der Waals surface area contributed by atoms with Gasteiger partial charge in [0.2, 0.25) is 0 Å². The van der Waals surface area contributed by atoms with Crippen LogP contribution >= 0.6 is 11.6 Å². The topological polar surface area (TPSA) is 63.2 Å². The summed E-state index contributed by atoms with van der Waals surface area (Å²) in [4.78, 5) is 15.7. The number of nitrogens with zero attached hydrogens (tertiary/aromatic N) is 1. The number of carbonyl (C=O) groups is 1. The first-order valence-electron chi connectivity index (χ1n) is 5.62. The van der Waals surface area contributed by atoms with E-state index < -0.39 is 11.8 Å². The lowest BCUT2D eigenvalue weighted by Gasteiger charge is -2.11. The van der Waals surface area contributed by atoms with Gasteiger partial charge in [0.15, 0.2) is 5.15 Å². The summed E-state index contributed by atoms with van der Waals surface area (Å²) in [5.74, 6) is -0.236. The molecule has 0 unspecified atom stereocenters. The van der Waals surface area contributed by atoms with Crippen molar-refractivity contribution in [3.63, 3.8) is 0 Å². The molecule has 2 rings (SSSR count). The van der Waals surface area contributed by atoms with Crippen LogP contribution in [0.25, 0.3) is 0 Å². The van der Waals surface area contributed by atoms with Crippen LogP contribution in [0.2, 0.25) is 5.15 Å². The molecule has 104 valence electrons. The van der Waals surface area contributed by atoms with Crippen molar-refractivity contribution >= 4 is 29.0 Å². The molecule has 0 saturated carbocycles. The van der Waals surface area contributed by atoms with E-state index in [2.05, 4.69) is 15.6 Å². The average molecular weight is 296 g/mol. The van der Waals surface area contributed by atoms with E-state index in [1.54, 1.807) is 12.1 Å². The molecule has 0 radical (unpaired) electrons. The molecule has 7 heteroatoms. The summed E-state index contributed by atoms with van der Waals surface area (Å²) in [6, 6.07) is 6.50. The van der Waals surface area contributed by atoms with E-state index >= 15 is 0 Å². The zero-order chi connectivity index (χ0) is 14.5. The van der Waals surface area contributed by atoms with Gasteiger partial charge in [0, 0.05) is 12.3 Å². The van der Waals surface area contributed by atoms with Gasteiger partial charge >= 0.3 is 6.03 Å². The van der Waals surface area contributed by atoms with Crippen molar-refractivity contribution in [3.8, 4) is 5.75 Å². The lowest BCUT2D eigenvalue weighted by atomic mass is 10.3. The van der Waals surface area contributed by atoms with Gasteiger partial charge in [-0.25, -0.2) is 14.2 Å². The monoisotopic (exact) mass is 295 g/mol. The zero-order valence-corrected chi connectivity index (χ0v) is 11.2. The van der Waals surface area contributed by atoms with Crippen molar-refractivity contribution in [1.29, 1.82) is 0 Å². The van der Waals surface area contributed by atoms with Crippen LogP contribution in [0.1, 0.15) is 0 Å². The van der Waals surface area contributed by atoms with E-state index in [0.717, 1.165) is 0 Å². The van der Waals surface area contributed by atoms with Crippen LogP contribution in [-0.2, 0) is 0 Å². The number of halogens is 2. The highest BCUT2D eigenvalue weighted by Gasteiger charge is 2.10. The number of pyridine rings is 1. The first-order chi connectivity index (χ1) is 9.60. The highest BCUT2D eigenvalue weighted by molar-refractivity contribution is 6.32. The Morgan fingerprint density at radius 2 is 2.05 bits per heavy atom. The molecule has 0 atom stereocenters. The van der Waals surface area contributed by atoms with Crippen molar-refractivity contribution < 1.29 is 13.9 Å². The molecular formula is C13H11ClFN3O2. The largest absolute Gasteiger partial charge is 0.494 e. The summed E-state index contributed by atoms with van der Waals surface area (Å²) in [6.45, 7) is 0. The molecule has 2 amide bonds. The Morgan fingerprint density at radius 1 is 1.30 bits per heavy atom. The number of benzene rings is 1. The van der Waals surface area contributed by atoms with E-state index in [-0.39, 0.29) is 10.9 Å². The van der Waals surface area contributed by atoms with Gasteiger partial charge in [-0.1, -0.05) is 11.6 Å². The van der Waals surface area contributed by atoms with Gasteiger partial charge in [-0.2, -0.15) is 0 Å². The van der Waals surface area contributed by atoms with E-state index in [1.807, 2.05) is 0 Å². The van der Waals surface area contributed by atoms with Gasteiger partial charge in [-0.3, -0.25) is 0 Å². The van der Waals surface area contributed by atoms with E-state index in [0.29, 0.717) is 11.4 Å². The molecule has 1 aromatic heterocycles. The summed E-state index contributed by atoms with van der Waals surface area (Å²) < 4.78 is 18.0. The van der Waals surface area contributed by atoms with Crippen LogP contribution in [0.3, 0.4) is 0 Å². The smallest absolute Gasteiger partial charge is 0.323 e. The standard InChI is InChI=1S/C13H11ClFN3O2/c1-20-11-7-8(15)4-5-9(11)17-13(19)18-10-3-2-6-16-12(10)14/h2-7H,1H3,(H2,17,18,19). The first-order valence-corrected chi connectivity index (χ1v) is 6.00. The number of nitrogens with one attached hydrogen (secondary N) is 2. The molecule has 1 heterocycles. The Labute approximate surface area is 119 Å². The normalized spacial score (nSPS) is 9.95. The van der Waals surface area contributed by atoms with Gasteiger partial charge in [0.05, 0.1) is 18.5 Å². The van der Waals surface area contributed by atoms with Gasteiger partial charge in [0.25, 0.3) is 0 Å². The Kier molecular flexibility index (Phi) is 4.37. The van der Waals surface area contributed by atoms with Crippen molar-refractivity contribution in [3.05, 3.63) is 47.5 Å². The van der Waals surface area contributed by atoms with E-state index in [9.17, 15) is 9.18 Å². The fraction of sp³-hybridized carbons (Fsp3) is 0.0769. The predicted molar refractivity (Wildman–Crippen MR) is 74.8 cm³/mol. The van der Waals surface area contributed by atoms with E-state index in [4.69, 9.17) is 16.3 Å². The summed E-state index contributed by atoms with van der Waals surface area (Å²) >= 11 is 5.82. The lowest BCUT2D eigenvalue weighted by Crippen LogP contribution is -2.20. The number of urea groups is 1. The summed E-state index contributed by atoms with van der Waals surface area (Å²) in [5, 5.41) is 5.24. The minimum Gasteiger partial charge on any atom is -0.494 e. The minimum atomic E-state index is -0.537. The van der Waals surface area contributed by atoms with Crippen molar-refractivity contribution in [2.45, 2.75) is 0 Å². The van der Waals surface area contributed by atoms with Crippen LogP contribution < -0.4 is 15.4 Å². The number of ether oxygens (including phenoxy) is 1. The fourth-order valence-electron chi connectivity index (χ4n) is 1.52. The molecule has 0 spiro atoms. The molecule has 0 aliphatic carbocycles. The zero-order valence-electron chi connectivity index (χ0n) is 10.5. The number of hydrogen-bond donors (Lipinski definition) is 2. The Balaban J connectivity index is 2.11. The Bertz CT molecular complexity index is 637. The molecule has 5 nitrogen and oxygen atoms in total. The molecule has 2 N–H and O–H groups in total.